The molecule has 2 aromatic rings. The summed E-state index contributed by atoms with van der Waals surface area (Å²) in [7, 11) is 1.62. The van der Waals surface area contributed by atoms with Crippen LogP contribution in [0.3, 0.4) is 0 Å². The molecule has 0 aliphatic heterocycles. The molecule has 0 saturated heterocycles. The van der Waals surface area contributed by atoms with Gasteiger partial charge in [-0.1, -0.05) is 6.92 Å². The molecule has 17 heavy (non-hydrogen) atoms. The third-order valence-corrected chi connectivity index (χ3v) is 2.85. The second kappa shape index (κ2) is 4.49. The Morgan fingerprint density at radius 1 is 1.53 bits per heavy atom. The molecule has 90 valence electrons. The maximum Gasteiger partial charge on any atom is 0.218 e. The quantitative estimate of drug-likeness (QED) is 0.881. The predicted octanol–water partition coefficient (Wildman–Crippen LogP) is 2.42. The van der Waals surface area contributed by atoms with Gasteiger partial charge in [-0.25, -0.2) is 0 Å². The highest BCUT2D eigenvalue weighted by Crippen LogP contribution is 2.31. The summed E-state index contributed by atoms with van der Waals surface area (Å²) in [6.07, 6.45) is 1.99. The maximum absolute atomic E-state index is 10.9. The van der Waals surface area contributed by atoms with Crippen LogP contribution in [0.4, 0.5) is 0 Å². The highest BCUT2D eigenvalue weighted by Gasteiger charge is 2.15. The number of hydrogen-bond acceptors (Lipinski definition) is 3. The Morgan fingerprint density at radius 3 is 2.94 bits per heavy atom. The number of rotatable bonds is 4. The van der Waals surface area contributed by atoms with Gasteiger partial charge < -0.3 is 14.9 Å². The van der Waals surface area contributed by atoms with Gasteiger partial charge >= 0.3 is 0 Å². The lowest BCUT2D eigenvalue weighted by Gasteiger charge is -2.07. The van der Waals surface area contributed by atoms with Crippen LogP contribution in [0.15, 0.2) is 28.9 Å². The van der Waals surface area contributed by atoms with Gasteiger partial charge in [0.05, 0.1) is 13.4 Å². The summed E-state index contributed by atoms with van der Waals surface area (Å²) < 4.78 is 10.6. The van der Waals surface area contributed by atoms with Crippen LogP contribution in [0.1, 0.15) is 24.8 Å². The molecule has 4 nitrogen and oxygen atoms in total. The summed E-state index contributed by atoms with van der Waals surface area (Å²) >= 11 is 0. The molecule has 4 heteroatoms. The molecule has 1 amide bonds. The fourth-order valence-corrected chi connectivity index (χ4v) is 1.95. The third kappa shape index (κ3) is 2.25. The number of methoxy groups -OCH3 is 1. The number of carbonyl (C=O) groups excluding carboxylic acids is 1. The highest BCUT2D eigenvalue weighted by molar-refractivity contribution is 5.84. The van der Waals surface area contributed by atoms with Crippen LogP contribution in [0.25, 0.3) is 11.0 Å². The zero-order valence-electron chi connectivity index (χ0n) is 9.90. The summed E-state index contributed by atoms with van der Waals surface area (Å²) in [6.45, 7) is 1.95. The summed E-state index contributed by atoms with van der Waals surface area (Å²) in [5, 5.41) is 0.970. The van der Waals surface area contributed by atoms with Gasteiger partial charge in [-0.2, -0.15) is 0 Å². The monoisotopic (exact) mass is 233 g/mol. The largest absolute Gasteiger partial charge is 0.497 e. The first-order valence-corrected chi connectivity index (χ1v) is 5.45. The van der Waals surface area contributed by atoms with Gasteiger partial charge in [-0.15, -0.1) is 0 Å². The van der Waals surface area contributed by atoms with Gasteiger partial charge in [-0.05, 0) is 24.1 Å². The number of fused-ring (bicyclic) bond motifs is 1. The fourth-order valence-electron chi connectivity index (χ4n) is 1.95. The van der Waals surface area contributed by atoms with Crippen molar-refractivity contribution in [1.82, 2.24) is 0 Å². The Labute approximate surface area is 99.3 Å². The lowest BCUT2D eigenvalue weighted by molar-refractivity contribution is -0.118. The number of ether oxygens (including phenoxy) is 1. The van der Waals surface area contributed by atoms with Crippen molar-refractivity contribution in [2.45, 2.75) is 19.3 Å². The summed E-state index contributed by atoms with van der Waals surface area (Å²) in [5.74, 6) is 0.502. The maximum atomic E-state index is 10.9. The molecule has 0 aliphatic rings. The van der Waals surface area contributed by atoms with Crippen LogP contribution < -0.4 is 10.5 Å². The van der Waals surface area contributed by atoms with Crippen molar-refractivity contribution in [3.05, 3.63) is 30.0 Å². The molecule has 2 N–H and O–H groups in total. The van der Waals surface area contributed by atoms with Crippen molar-refractivity contribution in [2.75, 3.05) is 7.11 Å². The topological polar surface area (TPSA) is 65.5 Å². The van der Waals surface area contributed by atoms with Crippen LogP contribution >= 0.6 is 0 Å². The zero-order chi connectivity index (χ0) is 12.4. The normalized spacial score (nSPS) is 12.6. The Bertz CT molecular complexity index is 545. The van der Waals surface area contributed by atoms with Gasteiger partial charge in [-0.3, -0.25) is 4.79 Å². The molecule has 0 spiro atoms. The van der Waals surface area contributed by atoms with E-state index in [-0.39, 0.29) is 11.8 Å². The van der Waals surface area contributed by atoms with Gasteiger partial charge in [0.2, 0.25) is 5.91 Å². The van der Waals surface area contributed by atoms with E-state index in [1.54, 1.807) is 13.4 Å². The second-order valence-electron chi connectivity index (χ2n) is 4.12. The number of hydrogen-bond donors (Lipinski definition) is 1. The smallest absolute Gasteiger partial charge is 0.218 e. The summed E-state index contributed by atoms with van der Waals surface area (Å²) in [5.41, 5.74) is 6.98. The zero-order valence-corrected chi connectivity index (χ0v) is 9.90. The van der Waals surface area contributed by atoms with Crippen molar-refractivity contribution in [2.24, 2.45) is 5.73 Å². The van der Waals surface area contributed by atoms with E-state index in [9.17, 15) is 4.79 Å². The Morgan fingerprint density at radius 2 is 2.29 bits per heavy atom. The molecule has 0 fully saturated rings. The Hall–Kier alpha value is -1.97. The van der Waals surface area contributed by atoms with Crippen LogP contribution in [-0.4, -0.2) is 13.0 Å². The van der Waals surface area contributed by atoms with Crippen molar-refractivity contribution in [1.29, 1.82) is 0 Å². The van der Waals surface area contributed by atoms with Gasteiger partial charge in [0.25, 0.3) is 0 Å². The van der Waals surface area contributed by atoms with E-state index in [4.69, 9.17) is 14.9 Å². The van der Waals surface area contributed by atoms with Crippen molar-refractivity contribution in [3.63, 3.8) is 0 Å². The van der Waals surface area contributed by atoms with Crippen LogP contribution in [-0.2, 0) is 4.79 Å². The number of carbonyl (C=O) groups is 1. The predicted molar refractivity (Wildman–Crippen MR) is 65.0 cm³/mol. The van der Waals surface area contributed by atoms with E-state index in [1.807, 2.05) is 25.1 Å². The van der Waals surface area contributed by atoms with Crippen molar-refractivity contribution < 1.29 is 13.9 Å². The molecule has 0 bridgehead atoms. The second-order valence-corrected chi connectivity index (χ2v) is 4.12. The lowest BCUT2D eigenvalue weighted by Crippen LogP contribution is -2.13. The van der Waals surface area contributed by atoms with Crippen LogP contribution in [0.2, 0.25) is 0 Å². The number of amides is 1. The average Bonchev–Trinajstić information content (AvgIpc) is 2.70. The van der Waals surface area contributed by atoms with Crippen molar-refractivity contribution >= 4 is 16.9 Å². The van der Waals surface area contributed by atoms with Crippen molar-refractivity contribution in [3.8, 4) is 5.75 Å². The molecule has 0 radical (unpaired) electrons. The van der Waals surface area contributed by atoms with E-state index in [2.05, 4.69) is 0 Å². The van der Waals surface area contributed by atoms with E-state index >= 15 is 0 Å². The van der Waals surface area contributed by atoms with Crippen LogP contribution in [0, 0.1) is 0 Å². The SMILES string of the molecule is COc1ccc2occ(C(C)CC(N)=O)c2c1. The Balaban J connectivity index is 2.43. The summed E-state index contributed by atoms with van der Waals surface area (Å²) in [4.78, 5) is 10.9. The highest BCUT2D eigenvalue weighted by atomic mass is 16.5. The molecular weight excluding hydrogens is 218 g/mol. The summed E-state index contributed by atoms with van der Waals surface area (Å²) in [6, 6.07) is 5.61. The van der Waals surface area contributed by atoms with E-state index in [0.717, 1.165) is 22.3 Å². The molecule has 2 rings (SSSR count). The molecule has 1 aromatic carbocycles. The minimum Gasteiger partial charge on any atom is -0.497 e. The minimum atomic E-state index is -0.310. The standard InChI is InChI=1S/C13H15NO3/c1-8(5-13(14)15)11-7-17-12-4-3-9(16-2)6-10(11)12/h3-4,6-8H,5H2,1-2H3,(H2,14,15). The number of primary amides is 1. The molecule has 0 aliphatic carbocycles. The third-order valence-electron chi connectivity index (χ3n) is 2.85. The lowest BCUT2D eigenvalue weighted by atomic mass is 9.97. The van der Waals surface area contributed by atoms with E-state index in [1.165, 1.54) is 0 Å². The first-order chi connectivity index (χ1) is 8.11. The van der Waals surface area contributed by atoms with Gasteiger partial charge in [0.15, 0.2) is 0 Å². The molecule has 1 atom stereocenters. The molecule has 0 saturated carbocycles. The van der Waals surface area contributed by atoms with Gasteiger partial charge in [0.1, 0.15) is 11.3 Å². The first-order valence-electron chi connectivity index (χ1n) is 5.45. The van der Waals surface area contributed by atoms with E-state index in [0.29, 0.717) is 6.42 Å². The molecule has 1 aromatic heterocycles. The minimum absolute atomic E-state index is 0.0425. The van der Waals surface area contributed by atoms with Gasteiger partial charge in [0, 0.05) is 17.4 Å². The molecule has 1 unspecified atom stereocenters. The Kier molecular flexibility index (Phi) is 3.04. The van der Waals surface area contributed by atoms with E-state index < -0.39 is 0 Å². The average molecular weight is 233 g/mol. The number of nitrogens with two attached hydrogens (primary N) is 1. The molecule has 1 heterocycles. The number of furan rings is 1. The fraction of sp³-hybridized carbons (Fsp3) is 0.308. The molecular formula is C13H15NO3. The first kappa shape index (κ1) is 11.5. The number of benzene rings is 1. The van der Waals surface area contributed by atoms with Crippen LogP contribution in [0.5, 0.6) is 5.75 Å².